The number of hydrogen-bond donors (Lipinski definition) is 2. The summed E-state index contributed by atoms with van der Waals surface area (Å²) < 4.78 is 13.7. The van der Waals surface area contributed by atoms with Gasteiger partial charge in [-0.2, -0.15) is 4.73 Å². The number of ether oxygens (including phenoxy) is 2. The van der Waals surface area contributed by atoms with Gasteiger partial charge in [0.05, 0.1) is 18.8 Å². The van der Waals surface area contributed by atoms with Gasteiger partial charge in [-0.25, -0.2) is 0 Å². The van der Waals surface area contributed by atoms with Gasteiger partial charge in [-0.15, -0.1) is 0 Å². The van der Waals surface area contributed by atoms with Gasteiger partial charge in [0.1, 0.15) is 0 Å². The van der Waals surface area contributed by atoms with E-state index < -0.39 is 6.29 Å². The van der Waals surface area contributed by atoms with Crippen molar-refractivity contribution in [2.75, 3.05) is 5.75 Å². The molecule has 32 heavy (non-hydrogen) atoms. The lowest BCUT2D eigenvalue weighted by Crippen LogP contribution is -2.39. The van der Waals surface area contributed by atoms with Crippen molar-refractivity contribution in [3.63, 3.8) is 0 Å². The van der Waals surface area contributed by atoms with Crippen molar-refractivity contribution in [2.24, 2.45) is 11.7 Å². The largest absolute Gasteiger partial charge is 0.618 e. The van der Waals surface area contributed by atoms with Crippen LogP contribution in [0.2, 0.25) is 0 Å². The molecule has 168 valence electrons. The maximum atomic E-state index is 12.1. The molecule has 0 unspecified atom stereocenters. The van der Waals surface area contributed by atoms with E-state index in [0.29, 0.717) is 17.3 Å². The highest BCUT2D eigenvalue weighted by molar-refractivity contribution is 7.99. The zero-order valence-electron chi connectivity index (χ0n) is 18.0. The van der Waals surface area contributed by atoms with Crippen molar-refractivity contribution in [3.05, 3.63) is 100 Å². The Morgan fingerprint density at radius 1 is 0.969 bits per heavy atom. The van der Waals surface area contributed by atoms with E-state index in [2.05, 4.69) is 6.92 Å². The summed E-state index contributed by atoms with van der Waals surface area (Å²) in [5.74, 6) is 0.685. The van der Waals surface area contributed by atoms with Gasteiger partial charge in [0.25, 0.3) is 5.03 Å². The summed E-state index contributed by atoms with van der Waals surface area (Å²) in [7, 11) is 0. The minimum atomic E-state index is -0.527. The highest BCUT2D eigenvalue weighted by Gasteiger charge is 2.38. The summed E-state index contributed by atoms with van der Waals surface area (Å²) in [4.78, 5) is 0. The van der Waals surface area contributed by atoms with E-state index in [1.165, 1.54) is 18.0 Å². The molecule has 6 nitrogen and oxygen atoms in total. The van der Waals surface area contributed by atoms with Crippen LogP contribution in [0.5, 0.6) is 0 Å². The summed E-state index contributed by atoms with van der Waals surface area (Å²) in [6.07, 6.45) is 0.664. The number of aromatic nitrogens is 1. The van der Waals surface area contributed by atoms with Crippen LogP contribution in [0.25, 0.3) is 0 Å². The van der Waals surface area contributed by atoms with Crippen LogP contribution >= 0.6 is 11.8 Å². The predicted octanol–water partition coefficient (Wildman–Crippen LogP) is 3.85. The fourth-order valence-corrected chi connectivity index (χ4v) is 4.89. The monoisotopic (exact) mass is 452 g/mol. The normalized spacial score (nSPS) is 23.2. The third-order valence-electron chi connectivity index (χ3n) is 5.80. The lowest BCUT2D eigenvalue weighted by Gasteiger charge is -2.41. The molecule has 1 aromatic heterocycles. The maximum absolute atomic E-state index is 12.1. The Kier molecular flexibility index (Phi) is 7.44. The van der Waals surface area contributed by atoms with Crippen LogP contribution in [0.4, 0.5) is 0 Å². The molecular formula is C25H28N2O4S. The number of benzene rings is 2. The highest BCUT2D eigenvalue weighted by Crippen LogP contribution is 2.42. The van der Waals surface area contributed by atoms with Crippen LogP contribution in [-0.4, -0.2) is 17.0 Å². The van der Waals surface area contributed by atoms with Crippen LogP contribution in [0, 0.1) is 11.1 Å². The number of aliphatic hydroxyl groups excluding tert-OH is 1. The molecule has 0 radical (unpaired) electrons. The molecule has 7 heteroatoms. The molecule has 3 N–H and O–H groups in total. The molecule has 0 spiro atoms. The van der Waals surface area contributed by atoms with Crippen LogP contribution in [0.1, 0.15) is 41.6 Å². The predicted molar refractivity (Wildman–Crippen MR) is 123 cm³/mol. The lowest BCUT2D eigenvalue weighted by atomic mass is 9.91. The number of nitrogens with two attached hydrogens (primary N) is 1. The molecule has 0 amide bonds. The number of nitrogens with zero attached hydrogens (tertiary/aromatic N) is 1. The summed E-state index contributed by atoms with van der Waals surface area (Å²) in [6, 6.07) is 21.2. The Morgan fingerprint density at radius 3 is 2.31 bits per heavy atom. The number of aliphatic hydroxyl groups is 1. The molecule has 1 saturated heterocycles. The summed E-state index contributed by atoms with van der Waals surface area (Å²) in [5.41, 5.74) is 9.61. The number of rotatable bonds is 7. The summed E-state index contributed by atoms with van der Waals surface area (Å²) >= 11 is 1.48. The molecule has 1 aliphatic rings. The molecule has 2 aromatic carbocycles. The second-order valence-corrected chi connectivity index (χ2v) is 8.98. The van der Waals surface area contributed by atoms with E-state index in [-0.39, 0.29) is 24.7 Å². The number of thioether (sulfide) groups is 1. The standard InChI is InChI=1S/C25H28N2O4S/c1-17-22(16-32-23-4-2-3-13-27(23)29)30-25(21-11-5-18(14-26)6-12-21)31-24(17)20-9-7-19(15-28)8-10-20/h2-13,17,22,24-25,28H,14-16,26H2,1H3/t17-,22+,24+,25+/m1/s1. The topological polar surface area (TPSA) is 91.7 Å². The van der Waals surface area contributed by atoms with E-state index in [4.69, 9.17) is 15.2 Å². The lowest BCUT2D eigenvalue weighted by molar-refractivity contribution is -0.645. The number of pyridine rings is 1. The first kappa shape index (κ1) is 22.8. The molecule has 0 bridgehead atoms. The molecular weight excluding hydrogens is 424 g/mol. The van der Waals surface area contributed by atoms with Gasteiger partial charge in [0, 0.05) is 35.9 Å². The quantitative estimate of drug-likeness (QED) is 0.321. The Labute approximate surface area is 192 Å². The van der Waals surface area contributed by atoms with Crippen LogP contribution in [0.3, 0.4) is 0 Å². The molecule has 1 aliphatic heterocycles. The molecule has 0 aliphatic carbocycles. The maximum Gasteiger partial charge on any atom is 0.251 e. The molecule has 4 rings (SSSR count). The van der Waals surface area contributed by atoms with Gasteiger partial charge in [-0.1, -0.05) is 67.2 Å². The molecule has 2 heterocycles. The number of hydrogen-bond acceptors (Lipinski definition) is 6. The van der Waals surface area contributed by atoms with Gasteiger partial charge >= 0.3 is 0 Å². The third-order valence-corrected chi connectivity index (χ3v) is 6.90. The Morgan fingerprint density at radius 2 is 1.66 bits per heavy atom. The Hall–Kier alpha value is -2.42. The van der Waals surface area contributed by atoms with Crippen molar-refractivity contribution in [1.82, 2.24) is 0 Å². The molecule has 1 fully saturated rings. The molecule has 4 atom stereocenters. The van der Waals surface area contributed by atoms with Crippen molar-refractivity contribution in [1.29, 1.82) is 0 Å². The minimum Gasteiger partial charge on any atom is -0.618 e. The van der Waals surface area contributed by atoms with E-state index in [1.807, 2.05) is 60.7 Å². The van der Waals surface area contributed by atoms with Gasteiger partial charge in [-0.3, -0.25) is 0 Å². The van der Waals surface area contributed by atoms with Gasteiger partial charge in [0.2, 0.25) is 0 Å². The first-order valence-electron chi connectivity index (χ1n) is 10.7. The molecule has 0 saturated carbocycles. The third kappa shape index (κ3) is 5.14. The van der Waals surface area contributed by atoms with E-state index >= 15 is 0 Å². The zero-order chi connectivity index (χ0) is 22.5. The summed E-state index contributed by atoms with van der Waals surface area (Å²) in [5, 5.41) is 22.1. The smallest absolute Gasteiger partial charge is 0.251 e. The van der Waals surface area contributed by atoms with Crippen molar-refractivity contribution >= 4 is 11.8 Å². The van der Waals surface area contributed by atoms with Crippen LogP contribution in [0.15, 0.2) is 78.0 Å². The Bertz CT molecular complexity index is 1010. The zero-order valence-corrected chi connectivity index (χ0v) is 18.8. The molecule has 3 aromatic rings. The fraction of sp³-hybridized carbons (Fsp3) is 0.320. The van der Waals surface area contributed by atoms with E-state index in [9.17, 15) is 10.3 Å². The fourth-order valence-electron chi connectivity index (χ4n) is 3.81. The second-order valence-electron chi connectivity index (χ2n) is 7.94. The Balaban J connectivity index is 1.59. The second kappa shape index (κ2) is 10.5. The average molecular weight is 453 g/mol. The van der Waals surface area contributed by atoms with Crippen molar-refractivity contribution in [3.8, 4) is 0 Å². The van der Waals surface area contributed by atoms with Crippen LogP contribution < -0.4 is 10.5 Å². The van der Waals surface area contributed by atoms with Crippen molar-refractivity contribution in [2.45, 2.75) is 43.6 Å². The average Bonchev–Trinajstić information content (AvgIpc) is 2.84. The minimum absolute atomic E-state index is 0.00607. The SMILES string of the molecule is C[C@@H]1[C@H](CSc2cccc[n+]2[O-])O[C@H](c2ccc(CN)cc2)O[C@@H]1c1ccc(CO)cc1. The van der Waals surface area contributed by atoms with E-state index in [0.717, 1.165) is 27.0 Å². The highest BCUT2D eigenvalue weighted by atomic mass is 32.2. The van der Waals surface area contributed by atoms with Gasteiger partial charge in [-0.05, 0) is 22.8 Å². The first-order chi connectivity index (χ1) is 15.6. The van der Waals surface area contributed by atoms with E-state index in [1.54, 1.807) is 6.07 Å². The van der Waals surface area contributed by atoms with Crippen LogP contribution in [-0.2, 0) is 22.6 Å². The van der Waals surface area contributed by atoms with Gasteiger partial charge < -0.3 is 25.5 Å². The van der Waals surface area contributed by atoms with Gasteiger partial charge in [0.15, 0.2) is 12.5 Å². The summed E-state index contributed by atoms with van der Waals surface area (Å²) in [6.45, 7) is 2.60. The first-order valence-corrected chi connectivity index (χ1v) is 11.7. The van der Waals surface area contributed by atoms with Crippen molar-refractivity contribution < 1.29 is 19.3 Å².